The first-order valence-electron chi connectivity index (χ1n) is 2.82. The van der Waals surface area contributed by atoms with Crippen LogP contribution in [0.25, 0.3) is 0 Å². The van der Waals surface area contributed by atoms with Crippen LogP contribution in [0.15, 0.2) is 6.20 Å². The van der Waals surface area contributed by atoms with Gasteiger partial charge in [0.05, 0.1) is 20.0 Å². The molecule has 0 bridgehead atoms. The molecular weight excluding hydrogens is 116 g/mol. The Morgan fingerprint density at radius 3 is 2.33 bits per heavy atom. The fraction of sp³-hybridized carbons (Fsp3) is 0.500. The van der Waals surface area contributed by atoms with E-state index < -0.39 is 0 Å². The van der Waals surface area contributed by atoms with E-state index in [1.54, 1.807) is 17.8 Å². The van der Waals surface area contributed by atoms with Crippen molar-refractivity contribution < 1.29 is 9.67 Å². The van der Waals surface area contributed by atoms with E-state index in [0.29, 0.717) is 0 Å². The molecule has 0 N–H and O–H groups in total. The van der Waals surface area contributed by atoms with Gasteiger partial charge in [-0.25, -0.2) is 9.13 Å². The van der Waals surface area contributed by atoms with E-state index >= 15 is 0 Å². The van der Waals surface area contributed by atoms with Crippen molar-refractivity contribution >= 4 is 0 Å². The second kappa shape index (κ2) is 1.76. The SMILES string of the molecule is Cc1n(C)c([O-])c[n+]1C. The standard InChI is InChI=1S/C6H10N2O/c1-5-7(2)4-6(9)8(5)3/h4H,1-3H3. The normalized spacial score (nSPS) is 10.1. The van der Waals surface area contributed by atoms with Crippen LogP contribution in [0.3, 0.4) is 0 Å². The predicted octanol–water partition coefficient (Wildman–Crippen LogP) is -0.768. The zero-order valence-electron chi connectivity index (χ0n) is 5.88. The number of hydrogen-bond acceptors (Lipinski definition) is 1. The van der Waals surface area contributed by atoms with Crippen LogP contribution in [-0.4, -0.2) is 4.57 Å². The first kappa shape index (κ1) is 6.13. The lowest BCUT2D eigenvalue weighted by molar-refractivity contribution is -0.678. The van der Waals surface area contributed by atoms with Gasteiger partial charge in [0.1, 0.15) is 6.20 Å². The molecule has 9 heavy (non-hydrogen) atoms. The molecule has 0 aliphatic heterocycles. The Hall–Kier alpha value is -0.990. The number of rotatable bonds is 0. The van der Waals surface area contributed by atoms with Crippen LogP contribution in [0, 0.1) is 6.92 Å². The Balaban J connectivity index is 3.29. The smallest absolute Gasteiger partial charge is 0.252 e. The number of aryl methyl sites for hydroxylation is 1. The van der Waals surface area contributed by atoms with E-state index in [-0.39, 0.29) is 5.88 Å². The second-order valence-electron chi connectivity index (χ2n) is 2.18. The van der Waals surface area contributed by atoms with Crippen molar-refractivity contribution in [3.05, 3.63) is 12.0 Å². The first-order chi connectivity index (χ1) is 4.13. The van der Waals surface area contributed by atoms with Gasteiger partial charge >= 0.3 is 0 Å². The van der Waals surface area contributed by atoms with Crippen LogP contribution in [-0.2, 0) is 14.1 Å². The van der Waals surface area contributed by atoms with Gasteiger partial charge in [-0.15, -0.1) is 0 Å². The first-order valence-corrected chi connectivity index (χ1v) is 2.82. The Morgan fingerprint density at radius 1 is 1.67 bits per heavy atom. The molecule has 0 aliphatic rings. The number of imidazole rings is 1. The van der Waals surface area contributed by atoms with Crippen LogP contribution < -0.4 is 9.67 Å². The van der Waals surface area contributed by atoms with Gasteiger partial charge in [-0.1, -0.05) is 0 Å². The highest BCUT2D eigenvalue weighted by molar-refractivity contribution is 4.99. The fourth-order valence-electron chi connectivity index (χ4n) is 0.742. The lowest BCUT2D eigenvalue weighted by atomic mass is 10.7. The molecule has 0 atom stereocenters. The van der Waals surface area contributed by atoms with Gasteiger partial charge in [0.25, 0.3) is 5.82 Å². The van der Waals surface area contributed by atoms with Gasteiger partial charge in [0.2, 0.25) is 0 Å². The summed E-state index contributed by atoms with van der Waals surface area (Å²) >= 11 is 0. The van der Waals surface area contributed by atoms with Crippen molar-refractivity contribution in [2.75, 3.05) is 0 Å². The molecule has 3 nitrogen and oxygen atoms in total. The highest BCUT2D eigenvalue weighted by Crippen LogP contribution is 2.00. The molecule has 0 radical (unpaired) electrons. The van der Waals surface area contributed by atoms with Gasteiger partial charge in [0, 0.05) is 6.92 Å². The number of aromatic nitrogens is 2. The Labute approximate surface area is 54.2 Å². The van der Waals surface area contributed by atoms with E-state index in [1.165, 1.54) is 0 Å². The molecule has 50 valence electrons. The zero-order chi connectivity index (χ0) is 7.02. The van der Waals surface area contributed by atoms with Crippen molar-refractivity contribution in [3.8, 4) is 5.88 Å². The van der Waals surface area contributed by atoms with Gasteiger partial charge in [-0.2, -0.15) is 0 Å². The van der Waals surface area contributed by atoms with Crippen molar-refractivity contribution in [2.45, 2.75) is 6.92 Å². The zero-order valence-corrected chi connectivity index (χ0v) is 5.88. The molecule has 0 saturated carbocycles. The molecule has 0 saturated heterocycles. The Bertz CT molecular complexity index is 205. The molecule has 1 aromatic heterocycles. The highest BCUT2D eigenvalue weighted by Gasteiger charge is 2.04. The average Bonchev–Trinajstić information content (AvgIpc) is 1.98. The topological polar surface area (TPSA) is 31.9 Å². The van der Waals surface area contributed by atoms with Crippen molar-refractivity contribution in [1.82, 2.24) is 4.57 Å². The summed E-state index contributed by atoms with van der Waals surface area (Å²) in [5, 5.41) is 10.8. The summed E-state index contributed by atoms with van der Waals surface area (Å²) in [6.45, 7) is 1.90. The van der Waals surface area contributed by atoms with E-state index in [4.69, 9.17) is 0 Å². The molecule has 0 unspecified atom stereocenters. The minimum atomic E-state index is 0.0509. The van der Waals surface area contributed by atoms with Crippen LogP contribution in [0.5, 0.6) is 5.88 Å². The van der Waals surface area contributed by atoms with E-state index in [2.05, 4.69) is 0 Å². The maximum atomic E-state index is 10.8. The molecule has 1 aromatic rings. The van der Waals surface area contributed by atoms with Crippen LogP contribution in [0.1, 0.15) is 5.82 Å². The van der Waals surface area contributed by atoms with Gasteiger partial charge < -0.3 is 5.11 Å². The molecule has 0 fully saturated rings. The average molecular weight is 126 g/mol. The molecule has 0 aliphatic carbocycles. The van der Waals surface area contributed by atoms with Crippen LogP contribution in [0.2, 0.25) is 0 Å². The summed E-state index contributed by atoms with van der Waals surface area (Å²) in [7, 11) is 3.62. The van der Waals surface area contributed by atoms with Crippen LogP contribution in [0.4, 0.5) is 0 Å². The quantitative estimate of drug-likeness (QED) is 0.420. The molecule has 1 heterocycles. The maximum absolute atomic E-state index is 10.8. The minimum Gasteiger partial charge on any atom is -0.840 e. The largest absolute Gasteiger partial charge is 0.840 e. The van der Waals surface area contributed by atoms with Gasteiger partial charge in [0.15, 0.2) is 0 Å². The summed E-state index contributed by atoms with van der Waals surface area (Å²) in [5.41, 5.74) is 0. The summed E-state index contributed by atoms with van der Waals surface area (Å²) in [5.74, 6) is 1.02. The van der Waals surface area contributed by atoms with Crippen molar-refractivity contribution in [3.63, 3.8) is 0 Å². The summed E-state index contributed by atoms with van der Waals surface area (Å²) in [4.78, 5) is 0. The lowest BCUT2D eigenvalue weighted by Gasteiger charge is -1.95. The predicted molar refractivity (Wildman–Crippen MR) is 30.8 cm³/mol. The second-order valence-corrected chi connectivity index (χ2v) is 2.18. The van der Waals surface area contributed by atoms with Crippen LogP contribution >= 0.6 is 0 Å². The Morgan fingerprint density at radius 2 is 2.22 bits per heavy atom. The maximum Gasteiger partial charge on any atom is 0.252 e. The lowest BCUT2D eigenvalue weighted by Crippen LogP contribution is -2.29. The van der Waals surface area contributed by atoms with E-state index in [9.17, 15) is 5.11 Å². The number of nitrogens with zero attached hydrogens (tertiary/aromatic N) is 2. The van der Waals surface area contributed by atoms with Crippen molar-refractivity contribution in [2.24, 2.45) is 14.1 Å². The van der Waals surface area contributed by atoms with Crippen molar-refractivity contribution in [1.29, 1.82) is 0 Å². The molecule has 3 heteroatoms. The summed E-state index contributed by atoms with van der Waals surface area (Å²) < 4.78 is 3.42. The third-order valence-electron chi connectivity index (χ3n) is 1.63. The summed E-state index contributed by atoms with van der Waals surface area (Å²) in [6.07, 6.45) is 1.56. The summed E-state index contributed by atoms with van der Waals surface area (Å²) in [6, 6.07) is 0. The minimum absolute atomic E-state index is 0.0509. The van der Waals surface area contributed by atoms with E-state index in [1.807, 2.05) is 18.5 Å². The third kappa shape index (κ3) is 0.781. The molecule has 1 rings (SSSR count). The monoisotopic (exact) mass is 126 g/mol. The third-order valence-corrected chi connectivity index (χ3v) is 1.63. The molecule has 0 aromatic carbocycles. The van der Waals surface area contributed by atoms with Gasteiger partial charge in [-0.3, -0.25) is 0 Å². The molecular formula is C6H10N2O. The van der Waals surface area contributed by atoms with E-state index in [0.717, 1.165) is 5.82 Å². The fourth-order valence-corrected chi connectivity index (χ4v) is 0.742. The highest BCUT2D eigenvalue weighted by atomic mass is 16.3. The molecule has 0 spiro atoms. The number of hydrogen-bond donors (Lipinski definition) is 0. The molecule has 0 amide bonds. The Kier molecular flexibility index (Phi) is 1.20. The van der Waals surface area contributed by atoms with Gasteiger partial charge in [-0.05, 0) is 0 Å².